The number of rotatable bonds is 5. The molecule has 0 radical (unpaired) electrons. The number of thioether (sulfide) groups is 1. The van der Waals surface area contributed by atoms with Gasteiger partial charge >= 0.3 is 0 Å². The molecule has 0 saturated carbocycles. The van der Waals surface area contributed by atoms with Crippen molar-refractivity contribution in [2.45, 2.75) is 33.6 Å². The van der Waals surface area contributed by atoms with E-state index < -0.39 is 0 Å². The lowest BCUT2D eigenvalue weighted by Crippen LogP contribution is -2.03. The average Bonchev–Trinajstić information content (AvgIpc) is 2.67. The minimum atomic E-state index is -0.0222. The fraction of sp³-hybridized carbons (Fsp3) is 0.250. The van der Waals surface area contributed by atoms with Crippen molar-refractivity contribution in [3.8, 4) is 0 Å². The van der Waals surface area contributed by atoms with Crippen molar-refractivity contribution in [3.05, 3.63) is 83.4 Å². The highest BCUT2D eigenvalue weighted by Crippen LogP contribution is 2.19. The van der Waals surface area contributed by atoms with Crippen molar-refractivity contribution in [2.24, 2.45) is 0 Å². The van der Waals surface area contributed by atoms with Crippen LogP contribution in [-0.2, 0) is 11.2 Å². The van der Waals surface area contributed by atoms with Crippen molar-refractivity contribution >= 4 is 33.4 Å². The SMILES string of the molecule is CC(=O)SCC(=O)c1cccc(C)c1.CCCc1cccc2ccccc12. The summed E-state index contributed by atoms with van der Waals surface area (Å²) in [6, 6.07) is 22.5. The van der Waals surface area contributed by atoms with E-state index in [-0.39, 0.29) is 16.7 Å². The maximum Gasteiger partial charge on any atom is 0.186 e. The van der Waals surface area contributed by atoms with Crippen LogP contribution >= 0.6 is 11.8 Å². The van der Waals surface area contributed by atoms with Crippen molar-refractivity contribution < 1.29 is 9.59 Å². The summed E-state index contributed by atoms with van der Waals surface area (Å²) in [5.41, 5.74) is 3.21. The standard InChI is InChI=1S/C13H14.C11H12O2S/c1-2-6-11-8-5-9-12-7-3-4-10-13(11)12;1-8-4-3-5-10(6-8)11(13)7-14-9(2)12/h3-5,7-10H,2,6H2,1H3;3-6H,7H2,1-2H3. The molecule has 140 valence electrons. The molecule has 0 N–H and O–H groups in total. The summed E-state index contributed by atoms with van der Waals surface area (Å²) in [5.74, 6) is 0.243. The van der Waals surface area contributed by atoms with Crippen molar-refractivity contribution in [1.82, 2.24) is 0 Å². The van der Waals surface area contributed by atoms with Gasteiger partial charge in [-0.3, -0.25) is 9.59 Å². The Balaban J connectivity index is 0.000000194. The molecule has 0 unspecified atom stereocenters. The quantitative estimate of drug-likeness (QED) is 0.492. The molecule has 0 aromatic heterocycles. The summed E-state index contributed by atoms with van der Waals surface area (Å²) in [5, 5.41) is 2.74. The Morgan fingerprint density at radius 1 is 0.926 bits per heavy atom. The van der Waals surface area contributed by atoms with Crippen molar-refractivity contribution in [1.29, 1.82) is 0 Å². The third kappa shape index (κ3) is 6.69. The zero-order valence-electron chi connectivity index (χ0n) is 16.2. The van der Waals surface area contributed by atoms with Gasteiger partial charge in [0, 0.05) is 12.5 Å². The fourth-order valence-corrected chi connectivity index (χ4v) is 3.35. The molecule has 0 saturated heterocycles. The molecule has 0 aliphatic carbocycles. The van der Waals surface area contributed by atoms with Gasteiger partial charge in [0.25, 0.3) is 0 Å². The normalized spacial score (nSPS) is 10.2. The molecule has 0 heterocycles. The van der Waals surface area contributed by atoms with E-state index in [4.69, 9.17) is 0 Å². The van der Waals surface area contributed by atoms with Crippen LogP contribution in [0.4, 0.5) is 0 Å². The lowest BCUT2D eigenvalue weighted by atomic mass is 10.0. The first kappa shape index (κ1) is 20.9. The smallest absolute Gasteiger partial charge is 0.186 e. The van der Waals surface area contributed by atoms with Gasteiger partial charge in [-0.05, 0) is 35.7 Å². The van der Waals surface area contributed by atoms with E-state index in [1.807, 2.05) is 25.1 Å². The Hall–Kier alpha value is -2.39. The highest BCUT2D eigenvalue weighted by molar-refractivity contribution is 8.14. The van der Waals surface area contributed by atoms with Crippen LogP contribution in [0.2, 0.25) is 0 Å². The number of aryl methyl sites for hydroxylation is 2. The summed E-state index contributed by atoms with van der Waals surface area (Å²) < 4.78 is 0. The molecule has 0 amide bonds. The predicted molar refractivity (Wildman–Crippen MR) is 117 cm³/mol. The van der Waals surface area contributed by atoms with E-state index in [0.29, 0.717) is 5.56 Å². The van der Waals surface area contributed by atoms with E-state index in [9.17, 15) is 9.59 Å². The second-order valence-electron chi connectivity index (χ2n) is 6.46. The molecular weight excluding hydrogens is 352 g/mol. The second kappa shape index (κ2) is 10.7. The topological polar surface area (TPSA) is 34.1 Å². The van der Waals surface area contributed by atoms with Gasteiger partial charge in [-0.25, -0.2) is 0 Å². The highest BCUT2D eigenvalue weighted by Gasteiger charge is 2.07. The van der Waals surface area contributed by atoms with Crippen molar-refractivity contribution in [2.75, 3.05) is 5.75 Å². The van der Waals surface area contributed by atoms with Crippen LogP contribution in [0.15, 0.2) is 66.7 Å². The van der Waals surface area contributed by atoms with Crippen molar-refractivity contribution in [3.63, 3.8) is 0 Å². The first-order valence-corrected chi connectivity index (χ1v) is 10.2. The van der Waals surface area contributed by atoms with Gasteiger partial charge in [0.05, 0.1) is 5.75 Å². The van der Waals surface area contributed by atoms with Crippen LogP contribution in [0, 0.1) is 6.92 Å². The van der Waals surface area contributed by atoms with Crippen LogP contribution in [0.5, 0.6) is 0 Å². The number of carbonyl (C=O) groups excluding carboxylic acids is 2. The number of carbonyl (C=O) groups is 2. The number of Topliss-reactive ketones (excluding diaryl/α,β-unsaturated/α-hetero) is 1. The number of benzene rings is 3. The van der Waals surface area contributed by atoms with Crippen LogP contribution in [0.3, 0.4) is 0 Å². The highest BCUT2D eigenvalue weighted by atomic mass is 32.2. The molecule has 0 spiro atoms. The molecule has 0 bridgehead atoms. The first-order chi connectivity index (χ1) is 13.0. The third-order valence-electron chi connectivity index (χ3n) is 4.15. The summed E-state index contributed by atoms with van der Waals surface area (Å²) in [6.07, 6.45) is 2.40. The van der Waals surface area contributed by atoms with Crippen LogP contribution in [-0.4, -0.2) is 16.7 Å². The third-order valence-corrected chi connectivity index (χ3v) is 4.96. The Labute approximate surface area is 166 Å². The van der Waals surface area contributed by atoms with E-state index in [0.717, 1.165) is 17.3 Å². The Morgan fingerprint density at radius 3 is 2.33 bits per heavy atom. The number of ketones is 1. The summed E-state index contributed by atoms with van der Waals surface area (Å²) >= 11 is 1.05. The van der Waals surface area contributed by atoms with Gasteiger partial charge in [0.15, 0.2) is 10.9 Å². The number of fused-ring (bicyclic) bond motifs is 1. The Bertz CT molecular complexity index is 910. The van der Waals surface area contributed by atoms with E-state index in [2.05, 4.69) is 49.4 Å². The minimum Gasteiger partial charge on any atom is -0.293 e. The summed E-state index contributed by atoms with van der Waals surface area (Å²) in [6.45, 7) is 5.63. The van der Waals surface area contributed by atoms with E-state index in [1.165, 1.54) is 36.1 Å². The largest absolute Gasteiger partial charge is 0.293 e. The molecule has 0 fully saturated rings. The lowest BCUT2D eigenvalue weighted by molar-refractivity contribution is -0.109. The summed E-state index contributed by atoms with van der Waals surface area (Å²) in [7, 11) is 0. The molecule has 3 heteroatoms. The van der Waals surface area contributed by atoms with E-state index in [1.54, 1.807) is 6.07 Å². The summed E-state index contributed by atoms with van der Waals surface area (Å²) in [4.78, 5) is 22.2. The molecule has 3 rings (SSSR count). The zero-order valence-corrected chi connectivity index (χ0v) is 17.0. The maximum atomic E-state index is 11.5. The molecule has 27 heavy (non-hydrogen) atoms. The van der Waals surface area contributed by atoms with Gasteiger partial charge in [0.1, 0.15) is 0 Å². The predicted octanol–water partition coefficient (Wildman–Crippen LogP) is 6.25. The minimum absolute atomic E-state index is 0.00824. The molecule has 3 aromatic rings. The van der Waals surface area contributed by atoms with Crippen LogP contribution in [0.1, 0.15) is 41.8 Å². The molecule has 0 aliphatic rings. The van der Waals surface area contributed by atoms with Gasteiger partial charge in [0.2, 0.25) is 0 Å². The molecule has 2 nitrogen and oxygen atoms in total. The van der Waals surface area contributed by atoms with Crippen LogP contribution < -0.4 is 0 Å². The molecule has 3 aromatic carbocycles. The monoisotopic (exact) mass is 378 g/mol. The number of hydrogen-bond donors (Lipinski definition) is 0. The van der Waals surface area contributed by atoms with Gasteiger partial charge < -0.3 is 0 Å². The molecule has 0 atom stereocenters. The van der Waals surface area contributed by atoms with Gasteiger partial charge in [-0.1, -0.05) is 91.3 Å². The van der Waals surface area contributed by atoms with Crippen LogP contribution in [0.25, 0.3) is 10.8 Å². The second-order valence-corrected chi connectivity index (χ2v) is 7.61. The molecule has 0 aliphatic heterocycles. The van der Waals surface area contributed by atoms with E-state index >= 15 is 0 Å². The van der Waals surface area contributed by atoms with Gasteiger partial charge in [-0.15, -0.1) is 0 Å². The lowest BCUT2D eigenvalue weighted by Gasteiger charge is -2.03. The van der Waals surface area contributed by atoms with Gasteiger partial charge in [-0.2, -0.15) is 0 Å². The Kier molecular flexibility index (Phi) is 8.28. The zero-order chi connectivity index (χ0) is 19.6. The average molecular weight is 379 g/mol. The maximum absolute atomic E-state index is 11.5. The Morgan fingerprint density at radius 2 is 1.63 bits per heavy atom. The molecular formula is C24H26O2S. The fourth-order valence-electron chi connectivity index (χ4n) is 2.85. The first-order valence-electron chi connectivity index (χ1n) is 9.21. The number of hydrogen-bond acceptors (Lipinski definition) is 3.